The molecular formula is C15H17ClO2. The number of ether oxygens (including phenoxy) is 1. The van der Waals surface area contributed by atoms with Gasteiger partial charge in [0.1, 0.15) is 5.75 Å². The summed E-state index contributed by atoms with van der Waals surface area (Å²) in [5, 5.41) is -0.363. The fourth-order valence-electron chi connectivity index (χ4n) is 2.23. The summed E-state index contributed by atoms with van der Waals surface area (Å²) in [7, 11) is 1.63. The van der Waals surface area contributed by atoms with Crippen molar-refractivity contribution in [3.63, 3.8) is 0 Å². The van der Waals surface area contributed by atoms with Gasteiger partial charge < -0.3 is 4.74 Å². The molecule has 1 saturated carbocycles. The highest BCUT2D eigenvalue weighted by Crippen LogP contribution is 2.31. The van der Waals surface area contributed by atoms with E-state index in [0.29, 0.717) is 0 Å². The van der Waals surface area contributed by atoms with Crippen molar-refractivity contribution < 1.29 is 9.53 Å². The summed E-state index contributed by atoms with van der Waals surface area (Å²) >= 11 is 6.04. The number of allylic oxidation sites excluding steroid dienone is 1. The van der Waals surface area contributed by atoms with Crippen molar-refractivity contribution in [2.45, 2.75) is 25.1 Å². The Morgan fingerprint density at radius 1 is 1.39 bits per heavy atom. The Labute approximate surface area is 113 Å². The maximum Gasteiger partial charge on any atom is 0.176 e. The van der Waals surface area contributed by atoms with E-state index >= 15 is 0 Å². The van der Waals surface area contributed by atoms with Gasteiger partial charge >= 0.3 is 0 Å². The lowest BCUT2D eigenvalue weighted by molar-refractivity contribution is -0.116. The van der Waals surface area contributed by atoms with Crippen molar-refractivity contribution in [3.8, 4) is 5.75 Å². The van der Waals surface area contributed by atoms with Crippen LogP contribution < -0.4 is 4.74 Å². The third kappa shape index (κ3) is 2.75. The summed E-state index contributed by atoms with van der Waals surface area (Å²) in [6.45, 7) is 2.08. The topological polar surface area (TPSA) is 26.3 Å². The summed E-state index contributed by atoms with van der Waals surface area (Å²) in [6, 6.07) is 7.69. The van der Waals surface area contributed by atoms with E-state index in [9.17, 15) is 4.79 Å². The Kier molecular flexibility index (Phi) is 4.07. The molecule has 2 nitrogen and oxygen atoms in total. The zero-order valence-corrected chi connectivity index (χ0v) is 11.4. The second-order valence-corrected chi connectivity index (χ2v) is 5.21. The van der Waals surface area contributed by atoms with E-state index in [2.05, 4.69) is 6.92 Å². The Balaban J connectivity index is 2.32. The second-order valence-electron chi connectivity index (χ2n) is 4.69. The van der Waals surface area contributed by atoms with Gasteiger partial charge in [-0.2, -0.15) is 0 Å². The molecule has 0 aromatic heterocycles. The number of alkyl halides is 1. The summed E-state index contributed by atoms with van der Waals surface area (Å²) in [5.41, 5.74) is 1.81. The molecule has 96 valence electrons. The SMILES string of the molecule is COc1cccc(C=C2C(=O)C(Cl)CCC2C)c1. The summed E-state index contributed by atoms with van der Waals surface area (Å²) in [6.07, 6.45) is 3.68. The predicted molar refractivity (Wildman–Crippen MR) is 74.0 cm³/mol. The van der Waals surface area contributed by atoms with Crippen LogP contribution in [0.2, 0.25) is 0 Å². The Bertz CT molecular complexity index is 479. The van der Waals surface area contributed by atoms with Crippen LogP contribution in [0.4, 0.5) is 0 Å². The smallest absolute Gasteiger partial charge is 0.176 e. The van der Waals surface area contributed by atoms with E-state index in [1.165, 1.54) is 0 Å². The lowest BCUT2D eigenvalue weighted by Crippen LogP contribution is -2.26. The number of rotatable bonds is 2. The van der Waals surface area contributed by atoms with Crippen LogP contribution >= 0.6 is 11.6 Å². The summed E-state index contributed by atoms with van der Waals surface area (Å²) < 4.78 is 5.18. The molecule has 18 heavy (non-hydrogen) atoms. The molecule has 0 saturated heterocycles. The van der Waals surface area contributed by atoms with Crippen LogP contribution in [0, 0.1) is 5.92 Å². The average Bonchev–Trinajstić information content (AvgIpc) is 2.39. The normalized spacial score (nSPS) is 26.4. The third-order valence-electron chi connectivity index (χ3n) is 3.37. The first-order valence-electron chi connectivity index (χ1n) is 6.15. The van der Waals surface area contributed by atoms with Crippen molar-refractivity contribution in [1.82, 2.24) is 0 Å². The minimum atomic E-state index is -0.363. The fraction of sp³-hybridized carbons (Fsp3) is 0.400. The zero-order valence-electron chi connectivity index (χ0n) is 10.7. The number of Topliss-reactive ketones (excluding diaryl/α,β-unsaturated/α-hetero) is 1. The quantitative estimate of drug-likeness (QED) is 0.602. The van der Waals surface area contributed by atoms with Gasteiger partial charge in [0.15, 0.2) is 5.78 Å². The maximum absolute atomic E-state index is 12.1. The number of hydrogen-bond donors (Lipinski definition) is 0. The highest BCUT2D eigenvalue weighted by molar-refractivity contribution is 6.34. The van der Waals surface area contributed by atoms with Gasteiger partial charge in [-0.05, 0) is 42.5 Å². The van der Waals surface area contributed by atoms with Crippen molar-refractivity contribution in [2.24, 2.45) is 5.92 Å². The van der Waals surface area contributed by atoms with Crippen molar-refractivity contribution in [2.75, 3.05) is 7.11 Å². The van der Waals surface area contributed by atoms with Crippen molar-refractivity contribution in [3.05, 3.63) is 35.4 Å². The first-order chi connectivity index (χ1) is 8.61. The van der Waals surface area contributed by atoms with E-state index < -0.39 is 0 Å². The Hall–Kier alpha value is -1.28. The molecule has 0 N–H and O–H groups in total. The molecule has 1 aromatic rings. The Morgan fingerprint density at radius 2 is 2.17 bits per heavy atom. The summed E-state index contributed by atoms with van der Waals surface area (Å²) in [5.74, 6) is 1.14. The number of benzene rings is 1. The largest absolute Gasteiger partial charge is 0.497 e. The first kappa shape index (κ1) is 13.2. The molecule has 0 heterocycles. The molecule has 1 fully saturated rings. The van der Waals surface area contributed by atoms with E-state index in [-0.39, 0.29) is 17.1 Å². The van der Waals surface area contributed by atoms with Gasteiger partial charge in [0, 0.05) is 5.57 Å². The number of halogens is 1. The number of carbonyl (C=O) groups is 1. The van der Waals surface area contributed by atoms with Crippen LogP contribution in [0.25, 0.3) is 6.08 Å². The molecule has 0 radical (unpaired) electrons. The van der Waals surface area contributed by atoms with Crippen LogP contribution in [0.3, 0.4) is 0 Å². The molecule has 3 heteroatoms. The van der Waals surface area contributed by atoms with Crippen LogP contribution in [0.1, 0.15) is 25.3 Å². The maximum atomic E-state index is 12.1. The van der Waals surface area contributed by atoms with Gasteiger partial charge in [0.05, 0.1) is 12.5 Å². The lowest BCUT2D eigenvalue weighted by Gasteiger charge is -2.24. The van der Waals surface area contributed by atoms with Crippen LogP contribution in [0.5, 0.6) is 5.75 Å². The van der Waals surface area contributed by atoms with Gasteiger partial charge in [-0.1, -0.05) is 19.1 Å². The van der Waals surface area contributed by atoms with Crippen molar-refractivity contribution in [1.29, 1.82) is 0 Å². The number of hydrogen-bond acceptors (Lipinski definition) is 2. The van der Waals surface area contributed by atoms with Crippen LogP contribution in [-0.2, 0) is 4.79 Å². The van der Waals surface area contributed by atoms with Crippen LogP contribution in [0.15, 0.2) is 29.8 Å². The predicted octanol–water partition coefficient (Wildman–Crippen LogP) is 3.69. The van der Waals surface area contributed by atoms with Gasteiger partial charge in [0.2, 0.25) is 0 Å². The molecule has 0 bridgehead atoms. The fourth-order valence-corrected chi connectivity index (χ4v) is 2.48. The van der Waals surface area contributed by atoms with Gasteiger partial charge in [-0.15, -0.1) is 11.6 Å². The van der Waals surface area contributed by atoms with E-state index in [1.54, 1.807) is 7.11 Å². The molecule has 1 aliphatic rings. The van der Waals surface area contributed by atoms with Crippen molar-refractivity contribution >= 4 is 23.5 Å². The van der Waals surface area contributed by atoms with E-state index in [1.807, 2.05) is 30.3 Å². The molecule has 0 amide bonds. The highest BCUT2D eigenvalue weighted by Gasteiger charge is 2.29. The van der Waals surface area contributed by atoms with Gasteiger partial charge in [-0.25, -0.2) is 0 Å². The van der Waals surface area contributed by atoms with Crippen LogP contribution in [-0.4, -0.2) is 18.3 Å². The number of ketones is 1. The molecule has 2 atom stereocenters. The molecule has 2 unspecified atom stereocenters. The highest BCUT2D eigenvalue weighted by atomic mass is 35.5. The molecule has 0 aliphatic heterocycles. The first-order valence-corrected chi connectivity index (χ1v) is 6.59. The second kappa shape index (κ2) is 5.57. The van der Waals surface area contributed by atoms with Gasteiger partial charge in [-0.3, -0.25) is 4.79 Å². The molecule has 1 aliphatic carbocycles. The monoisotopic (exact) mass is 264 g/mol. The zero-order chi connectivity index (χ0) is 13.1. The standard InChI is InChI=1S/C15H17ClO2/c1-10-6-7-14(16)15(17)13(10)9-11-4-3-5-12(8-11)18-2/h3-5,8-10,14H,6-7H2,1-2H3. The molecule has 1 aromatic carbocycles. The molecular weight excluding hydrogens is 248 g/mol. The third-order valence-corrected chi connectivity index (χ3v) is 3.79. The minimum Gasteiger partial charge on any atom is -0.497 e. The average molecular weight is 265 g/mol. The van der Waals surface area contributed by atoms with E-state index in [4.69, 9.17) is 16.3 Å². The van der Waals surface area contributed by atoms with Gasteiger partial charge in [0.25, 0.3) is 0 Å². The molecule has 0 spiro atoms. The molecule has 2 rings (SSSR count). The number of methoxy groups -OCH3 is 1. The lowest BCUT2D eigenvalue weighted by atomic mass is 9.83. The summed E-state index contributed by atoms with van der Waals surface area (Å²) in [4.78, 5) is 12.1. The Morgan fingerprint density at radius 3 is 2.89 bits per heavy atom. The minimum absolute atomic E-state index is 0.0678. The number of carbonyl (C=O) groups excluding carboxylic acids is 1. The van der Waals surface area contributed by atoms with E-state index in [0.717, 1.165) is 29.7 Å².